The van der Waals surface area contributed by atoms with E-state index in [9.17, 15) is 18.5 Å². The minimum absolute atomic E-state index is 0.0524. The molecule has 1 aromatic heterocycles. The summed E-state index contributed by atoms with van der Waals surface area (Å²) in [6.45, 7) is 3.04. The molecule has 1 N–H and O–H groups in total. The van der Waals surface area contributed by atoms with Gasteiger partial charge in [0.1, 0.15) is 0 Å². The average Bonchev–Trinajstić information content (AvgIpc) is 3.55. The summed E-state index contributed by atoms with van der Waals surface area (Å²) >= 11 is 0. The van der Waals surface area contributed by atoms with Crippen LogP contribution in [0.3, 0.4) is 0 Å². The van der Waals surface area contributed by atoms with Gasteiger partial charge in [-0.2, -0.15) is 5.26 Å². The molecule has 1 aliphatic carbocycles. The molecule has 3 heterocycles. The van der Waals surface area contributed by atoms with Crippen molar-refractivity contribution in [1.29, 1.82) is 5.26 Å². The predicted octanol–water partition coefficient (Wildman–Crippen LogP) is 3.74. The highest BCUT2D eigenvalue weighted by molar-refractivity contribution is 7.93. The summed E-state index contributed by atoms with van der Waals surface area (Å²) in [6.07, 6.45) is 2.17. The molecule has 9 heteroatoms. The third kappa shape index (κ3) is 3.90. The molecule has 2 aliphatic heterocycles. The number of nitriles is 1. The molecule has 0 bridgehead atoms. The number of ether oxygens (including phenoxy) is 1. The zero-order chi connectivity index (χ0) is 25.6. The summed E-state index contributed by atoms with van der Waals surface area (Å²) in [4.78, 5) is 21.0. The smallest absolute Gasteiger partial charge is 0.244 e. The van der Waals surface area contributed by atoms with E-state index in [4.69, 9.17) is 4.74 Å². The second-order valence-electron chi connectivity index (χ2n) is 10.3. The van der Waals surface area contributed by atoms with Gasteiger partial charge >= 0.3 is 0 Å². The Morgan fingerprint density at radius 3 is 2.54 bits per heavy atom. The van der Waals surface area contributed by atoms with Crippen LogP contribution >= 0.6 is 0 Å². The third-order valence-electron chi connectivity index (χ3n) is 8.17. The number of carbonyl (C=O) groups excluding carboxylic acids is 1. The molecule has 37 heavy (non-hydrogen) atoms. The molecule has 6 rings (SSSR count). The van der Waals surface area contributed by atoms with Gasteiger partial charge in [-0.3, -0.25) is 4.79 Å². The summed E-state index contributed by atoms with van der Waals surface area (Å²) < 4.78 is 32.3. The Labute approximate surface area is 216 Å². The van der Waals surface area contributed by atoms with Gasteiger partial charge in [-0.05, 0) is 56.0 Å². The second kappa shape index (κ2) is 9.19. The van der Waals surface area contributed by atoms with Crippen LogP contribution in [0.1, 0.15) is 25.7 Å². The first-order valence-electron chi connectivity index (χ1n) is 12.9. The Kier molecular flexibility index (Phi) is 5.97. The van der Waals surface area contributed by atoms with E-state index in [2.05, 4.69) is 16.0 Å². The number of hydrogen-bond acceptors (Lipinski definition) is 6. The SMILES string of the molecule is N#CC1CCN(c2ccc(S(=O)(=O)C3(C(=O)N4CCOCC4)CCC3)cc2-c2cc3ccccc3[nH]2)C1. The van der Waals surface area contributed by atoms with Crippen molar-refractivity contribution in [2.75, 3.05) is 44.3 Å². The first kappa shape index (κ1) is 24.0. The van der Waals surface area contributed by atoms with Crippen molar-refractivity contribution in [3.05, 3.63) is 48.5 Å². The molecule has 1 amide bonds. The van der Waals surface area contributed by atoms with Crippen molar-refractivity contribution in [2.45, 2.75) is 35.3 Å². The van der Waals surface area contributed by atoms with Gasteiger partial charge in [0.05, 0.1) is 30.1 Å². The van der Waals surface area contributed by atoms with E-state index in [1.54, 1.807) is 17.0 Å². The van der Waals surface area contributed by atoms with Crippen molar-refractivity contribution in [2.24, 2.45) is 5.92 Å². The zero-order valence-electron chi connectivity index (χ0n) is 20.7. The monoisotopic (exact) mass is 518 g/mol. The highest BCUT2D eigenvalue weighted by Gasteiger charge is 2.57. The summed E-state index contributed by atoms with van der Waals surface area (Å²) in [6, 6.07) is 17.5. The van der Waals surface area contributed by atoms with E-state index in [0.29, 0.717) is 52.1 Å². The standard InChI is InChI=1S/C28H30N4O4S/c29-18-20-8-11-32(19-20)26-7-6-22(17-23(26)25-16-21-4-1-2-5-24(21)30-25)37(34,35)28(9-3-10-28)27(33)31-12-14-36-15-13-31/h1-2,4-7,16-17,20,30H,3,8-15,19H2. The first-order valence-corrected chi connectivity index (χ1v) is 14.4. The largest absolute Gasteiger partial charge is 0.378 e. The number of sulfone groups is 1. The number of fused-ring (bicyclic) bond motifs is 1. The highest BCUT2D eigenvalue weighted by atomic mass is 32.2. The number of carbonyl (C=O) groups is 1. The Balaban J connectivity index is 1.44. The average molecular weight is 519 g/mol. The molecular formula is C28H30N4O4S. The maximum atomic E-state index is 14.2. The quantitative estimate of drug-likeness (QED) is 0.552. The number of H-pyrrole nitrogens is 1. The van der Waals surface area contributed by atoms with Gasteiger partial charge in [-0.15, -0.1) is 0 Å². The minimum atomic E-state index is -3.95. The number of aromatic nitrogens is 1. The molecule has 3 fully saturated rings. The molecule has 3 aromatic rings. The van der Waals surface area contributed by atoms with E-state index >= 15 is 0 Å². The summed E-state index contributed by atoms with van der Waals surface area (Å²) in [5.41, 5.74) is 3.44. The summed E-state index contributed by atoms with van der Waals surface area (Å²) in [5.74, 6) is -0.349. The topological polar surface area (TPSA) is 106 Å². The molecule has 192 valence electrons. The van der Waals surface area contributed by atoms with Crippen LogP contribution in [0.4, 0.5) is 5.69 Å². The molecular weight excluding hydrogens is 488 g/mol. The number of nitrogens with one attached hydrogen (secondary N) is 1. The molecule has 1 unspecified atom stereocenters. The lowest BCUT2D eigenvalue weighted by molar-refractivity contribution is -0.140. The summed E-state index contributed by atoms with van der Waals surface area (Å²) in [7, 11) is -3.95. The fraction of sp³-hybridized carbons (Fsp3) is 0.429. The second-order valence-corrected chi connectivity index (χ2v) is 12.5. The number of hydrogen-bond donors (Lipinski definition) is 1. The van der Waals surface area contributed by atoms with Gasteiger partial charge in [0, 0.05) is 54.0 Å². The van der Waals surface area contributed by atoms with Gasteiger partial charge < -0.3 is 19.5 Å². The number of anilines is 1. The van der Waals surface area contributed by atoms with Crippen LogP contribution in [0, 0.1) is 17.2 Å². The lowest BCUT2D eigenvalue weighted by atomic mass is 9.83. The number of nitrogens with zero attached hydrogens (tertiary/aromatic N) is 3. The fourth-order valence-corrected chi connectivity index (χ4v) is 8.01. The number of morpholine rings is 1. The van der Waals surface area contributed by atoms with E-state index < -0.39 is 14.6 Å². The first-order chi connectivity index (χ1) is 17.9. The van der Waals surface area contributed by atoms with Crippen molar-refractivity contribution in [3.8, 4) is 17.3 Å². The van der Waals surface area contributed by atoms with Gasteiger partial charge in [-0.25, -0.2) is 8.42 Å². The van der Waals surface area contributed by atoms with Gasteiger partial charge in [0.15, 0.2) is 14.6 Å². The molecule has 0 spiro atoms. The molecule has 1 atom stereocenters. The van der Waals surface area contributed by atoms with Gasteiger partial charge in [-0.1, -0.05) is 18.2 Å². The Bertz CT molecular complexity index is 1460. The maximum absolute atomic E-state index is 14.2. The molecule has 0 radical (unpaired) electrons. The molecule has 8 nitrogen and oxygen atoms in total. The number of aromatic amines is 1. The molecule has 2 saturated heterocycles. The maximum Gasteiger partial charge on any atom is 0.244 e. The predicted molar refractivity (Wildman–Crippen MR) is 141 cm³/mol. The van der Waals surface area contributed by atoms with Crippen molar-refractivity contribution in [3.63, 3.8) is 0 Å². The van der Waals surface area contributed by atoms with E-state index in [1.807, 2.05) is 36.4 Å². The fourth-order valence-electron chi connectivity index (χ4n) is 5.85. The van der Waals surface area contributed by atoms with Gasteiger partial charge in [0.2, 0.25) is 5.91 Å². The van der Waals surface area contributed by atoms with Gasteiger partial charge in [0.25, 0.3) is 0 Å². The number of amides is 1. The molecule has 2 aromatic carbocycles. The van der Waals surface area contributed by atoms with Crippen molar-refractivity contribution >= 4 is 32.3 Å². The van der Waals surface area contributed by atoms with Crippen LogP contribution in [-0.2, 0) is 19.4 Å². The lowest BCUT2D eigenvalue weighted by Crippen LogP contribution is -2.59. The Morgan fingerprint density at radius 1 is 1.08 bits per heavy atom. The summed E-state index contributed by atoms with van der Waals surface area (Å²) in [5, 5.41) is 10.5. The van der Waals surface area contributed by atoms with Crippen LogP contribution in [0.15, 0.2) is 53.4 Å². The van der Waals surface area contributed by atoms with Crippen molar-refractivity contribution in [1.82, 2.24) is 9.88 Å². The van der Waals surface area contributed by atoms with Crippen LogP contribution in [0.25, 0.3) is 22.2 Å². The Morgan fingerprint density at radius 2 is 1.86 bits per heavy atom. The normalized spacial score (nSPS) is 21.5. The third-order valence-corrected chi connectivity index (χ3v) is 10.7. The Hall–Kier alpha value is -3.35. The molecule has 3 aliphatic rings. The zero-order valence-corrected chi connectivity index (χ0v) is 21.5. The van der Waals surface area contributed by atoms with Crippen LogP contribution in [0.2, 0.25) is 0 Å². The van der Waals surface area contributed by atoms with E-state index in [1.165, 1.54) is 0 Å². The van der Waals surface area contributed by atoms with E-state index in [-0.39, 0.29) is 16.7 Å². The van der Waals surface area contributed by atoms with Crippen LogP contribution in [-0.4, -0.2) is 68.3 Å². The van der Waals surface area contributed by atoms with Crippen LogP contribution in [0.5, 0.6) is 0 Å². The van der Waals surface area contributed by atoms with Crippen molar-refractivity contribution < 1.29 is 17.9 Å². The number of para-hydroxylation sites is 1. The number of benzene rings is 2. The van der Waals surface area contributed by atoms with Crippen LogP contribution < -0.4 is 4.90 Å². The lowest BCUT2D eigenvalue weighted by Gasteiger charge is -2.43. The minimum Gasteiger partial charge on any atom is -0.378 e. The van der Waals surface area contributed by atoms with E-state index in [0.717, 1.165) is 40.8 Å². The molecule has 1 saturated carbocycles. The number of rotatable bonds is 5. The highest BCUT2D eigenvalue weighted by Crippen LogP contribution is 2.46.